The lowest BCUT2D eigenvalue weighted by Gasteiger charge is -2.45. The molecule has 1 fully saturated rings. The molecule has 0 saturated heterocycles. The summed E-state index contributed by atoms with van der Waals surface area (Å²) in [6.45, 7) is 4.30. The fraction of sp³-hybridized carbons (Fsp3) is 0.400. The number of nitrogens with one attached hydrogen (secondary N) is 1. The van der Waals surface area contributed by atoms with Crippen LogP contribution in [0.1, 0.15) is 49.7 Å². The van der Waals surface area contributed by atoms with Crippen LogP contribution < -0.4 is 19.7 Å². The molecule has 0 bridgehead atoms. The first-order valence-electron chi connectivity index (χ1n) is 13.7. The molecule has 1 N–H and O–H groups in total. The highest BCUT2D eigenvalue weighted by Crippen LogP contribution is 2.48. The summed E-state index contributed by atoms with van der Waals surface area (Å²) in [7, 11) is 1.40. The Balaban J connectivity index is 1.23. The van der Waals surface area contributed by atoms with Gasteiger partial charge in [0, 0.05) is 28.5 Å². The van der Waals surface area contributed by atoms with Gasteiger partial charge in [0.2, 0.25) is 0 Å². The van der Waals surface area contributed by atoms with Crippen molar-refractivity contribution >= 4 is 35.3 Å². The van der Waals surface area contributed by atoms with Crippen LogP contribution in [0.5, 0.6) is 11.5 Å². The summed E-state index contributed by atoms with van der Waals surface area (Å²) >= 11 is 5.96. The second-order valence-corrected chi connectivity index (χ2v) is 12.1. The van der Waals surface area contributed by atoms with Crippen molar-refractivity contribution in [3.05, 3.63) is 64.9 Å². The number of hydrogen-bond acceptors (Lipinski definition) is 8. The van der Waals surface area contributed by atoms with Crippen molar-refractivity contribution in [1.29, 1.82) is 0 Å². The molecule has 5 rings (SSSR count). The number of alkyl carbamates (subject to hydrolysis) is 1. The minimum Gasteiger partial charge on any atom is -0.493 e. The van der Waals surface area contributed by atoms with Crippen LogP contribution in [0.15, 0.2) is 48.7 Å². The number of amides is 2. The first-order valence-corrected chi connectivity index (χ1v) is 14.1. The Morgan fingerprint density at radius 3 is 2.36 bits per heavy atom. The Labute approximate surface area is 256 Å². The van der Waals surface area contributed by atoms with Gasteiger partial charge in [-0.05, 0) is 57.2 Å². The van der Waals surface area contributed by atoms with Gasteiger partial charge in [0.1, 0.15) is 18.8 Å². The number of halogens is 3. The zero-order chi connectivity index (χ0) is 31.9. The molecule has 14 heteroatoms. The van der Waals surface area contributed by atoms with E-state index in [-0.39, 0.29) is 30.6 Å². The first kappa shape index (κ1) is 31.0. The van der Waals surface area contributed by atoms with E-state index in [0.717, 1.165) is 11.3 Å². The summed E-state index contributed by atoms with van der Waals surface area (Å²) in [5, 5.41) is 7.29. The second kappa shape index (κ2) is 11.6. The number of alkyl halides is 2. The SMILES string of the molecule is COc1cc(N2Cc3cn(-c4ccc(Cl)cc4)nc3C2=O)ccc1OCC1(OC(=O)CNC(=O)OC(C)(C)C)CC(F)(F)C1. The number of aromatic nitrogens is 2. The zero-order valence-corrected chi connectivity index (χ0v) is 25.2. The molecule has 1 aromatic heterocycles. The van der Waals surface area contributed by atoms with Crippen LogP contribution in [0, 0.1) is 0 Å². The van der Waals surface area contributed by atoms with E-state index in [9.17, 15) is 23.2 Å². The Hall–Kier alpha value is -4.39. The number of methoxy groups -OCH3 is 1. The van der Waals surface area contributed by atoms with Crippen molar-refractivity contribution in [2.75, 3.05) is 25.2 Å². The third-order valence-corrected chi connectivity index (χ3v) is 7.13. The summed E-state index contributed by atoms with van der Waals surface area (Å²) in [5.41, 5.74) is -0.0597. The topological polar surface area (TPSA) is 121 Å². The normalized spacial score (nSPS) is 16.5. The predicted molar refractivity (Wildman–Crippen MR) is 155 cm³/mol. The smallest absolute Gasteiger partial charge is 0.408 e. The Bertz CT molecular complexity index is 1580. The average molecular weight is 633 g/mol. The highest BCUT2D eigenvalue weighted by Gasteiger charge is 2.60. The van der Waals surface area contributed by atoms with Crippen LogP contribution in [0.3, 0.4) is 0 Å². The Morgan fingerprint density at radius 2 is 1.75 bits per heavy atom. The van der Waals surface area contributed by atoms with Crippen molar-refractivity contribution < 1.29 is 42.1 Å². The average Bonchev–Trinajstić information content (AvgIpc) is 3.48. The maximum Gasteiger partial charge on any atom is 0.408 e. The van der Waals surface area contributed by atoms with Gasteiger partial charge in [0.05, 0.1) is 32.2 Å². The monoisotopic (exact) mass is 632 g/mol. The van der Waals surface area contributed by atoms with E-state index < -0.39 is 48.6 Å². The molecule has 44 heavy (non-hydrogen) atoms. The fourth-order valence-corrected chi connectivity index (χ4v) is 5.12. The Kier molecular flexibility index (Phi) is 8.19. The lowest BCUT2D eigenvalue weighted by atomic mass is 9.77. The highest BCUT2D eigenvalue weighted by molar-refractivity contribution is 6.30. The van der Waals surface area contributed by atoms with Crippen molar-refractivity contribution in [1.82, 2.24) is 15.1 Å². The number of carbonyl (C=O) groups excluding carboxylic acids is 3. The summed E-state index contributed by atoms with van der Waals surface area (Å²) in [4.78, 5) is 39.0. The maximum absolute atomic E-state index is 13.9. The molecule has 2 aromatic carbocycles. The second-order valence-electron chi connectivity index (χ2n) is 11.7. The third-order valence-electron chi connectivity index (χ3n) is 6.87. The fourth-order valence-electron chi connectivity index (χ4n) is 4.99. The molecule has 1 saturated carbocycles. The van der Waals surface area contributed by atoms with Gasteiger partial charge in [-0.1, -0.05) is 11.6 Å². The number of carbonyl (C=O) groups is 3. The number of anilines is 1. The molecule has 2 heterocycles. The van der Waals surface area contributed by atoms with Crippen LogP contribution in [-0.4, -0.2) is 65.1 Å². The minimum absolute atomic E-state index is 0.200. The van der Waals surface area contributed by atoms with E-state index >= 15 is 0 Å². The molecule has 0 spiro atoms. The number of esters is 1. The third kappa shape index (κ3) is 6.88. The van der Waals surface area contributed by atoms with Gasteiger partial charge in [-0.15, -0.1) is 0 Å². The number of benzene rings is 2. The van der Waals surface area contributed by atoms with Gasteiger partial charge in [-0.25, -0.2) is 18.3 Å². The van der Waals surface area contributed by atoms with E-state index in [2.05, 4.69) is 10.4 Å². The highest BCUT2D eigenvalue weighted by atomic mass is 35.5. The van der Waals surface area contributed by atoms with Gasteiger partial charge < -0.3 is 29.2 Å². The minimum atomic E-state index is -3.04. The maximum atomic E-state index is 13.9. The number of ether oxygens (including phenoxy) is 4. The van der Waals surface area contributed by atoms with Crippen molar-refractivity contribution in [2.24, 2.45) is 0 Å². The molecule has 234 valence electrons. The molecule has 1 aliphatic carbocycles. The quantitative estimate of drug-likeness (QED) is 0.315. The van der Waals surface area contributed by atoms with Crippen LogP contribution >= 0.6 is 11.6 Å². The van der Waals surface area contributed by atoms with E-state index in [1.54, 1.807) is 74.1 Å². The molecular weight excluding hydrogens is 602 g/mol. The van der Waals surface area contributed by atoms with Crippen molar-refractivity contribution in [2.45, 2.75) is 57.3 Å². The first-order chi connectivity index (χ1) is 20.7. The van der Waals surface area contributed by atoms with Gasteiger partial charge in [0.25, 0.3) is 11.8 Å². The molecule has 0 radical (unpaired) electrons. The van der Waals surface area contributed by atoms with Gasteiger partial charge in [0.15, 0.2) is 22.8 Å². The molecule has 1 aliphatic heterocycles. The molecule has 2 aliphatic rings. The standard InChI is InChI=1S/C30H31ClF2N4O7/c1-28(2,3)44-27(40)34-12-24(38)43-29(15-30(32,33)16-29)17-42-22-10-9-21(11-23(22)41-4)36-13-18-14-37(35-25(18)26(36)39)20-7-5-19(31)6-8-20/h5-11,14H,12-13,15-17H2,1-4H3,(H,34,40). The summed E-state index contributed by atoms with van der Waals surface area (Å²) < 4.78 is 51.2. The largest absolute Gasteiger partial charge is 0.493 e. The molecular formula is C30H31ClF2N4O7. The lowest BCUT2D eigenvalue weighted by molar-refractivity contribution is -0.233. The van der Waals surface area contributed by atoms with E-state index in [4.69, 9.17) is 30.5 Å². The molecule has 11 nitrogen and oxygen atoms in total. The molecule has 3 aromatic rings. The lowest BCUT2D eigenvalue weighted by Crippen LogP contribution is -2.58. The van der Waals surface area contributed by atoms with Crippen LogP contribution in [0.4, 0.5) is 19.3 Å². The molecule has 2 amide bonds. The number of hydrogen-bond donors (Lipinski definition) is 1. The van der Waals surface area contributed by atoms with Gasteiger partial charge >= 0.3 is 12.1 Å². The van der Waals surface area contributed by atoms with E-state index in [1.807, 2.05) is 0 Å². The molecule has 0 atom stereocenters. The predicted octanol–water partition coefficient (Wildman–Crippen LogP) is 5.31. The zero-order valence-electron chi connectivity index (χ0n) is 24.5. The van der Waals surface area contributed by atoms with Crippen LogP contribution in [-0.2, 0) is 20.8 Å². The summed E-state index contributed by atoms with van der Waals surface area (Å²) in [6, 6.07) is 11.8. The number of fused-ring (bicyclic) bond motifs is 1. The van der Waals surface area contributed by atoms with Crippen LogP contribution in [0.2, 0.25) is 5.02 Å². The molecule has 0 unspecified atom stereocenters. The van der Waals surface area contributed by atoms with E-state index in [1.165, 1.54) is 12.0 Å². The van der Waals surface area contributed by atoms with Gasteiger partial charge in [-0.2, -0.15) is 5.10 Å². The van der Waals surface area contributed by atoms with E-state index in [0.29, 0.717) is 16.4 Å². The van der Waals surface area contributed by atoms with Crippen molar-refractivity contribution in [3.8, 4) is 17.2 Å². The summed E-state index contributed by atoms with van der Waals surface area (Å²) in [5.74, 6) is -3.81. The Morgan fingerprint density at radius 1 is 1.07 bits per heavy atom. The number of rotatable bonds is 9. The van der Waals surface area contributed by atoms with Gasteiger partial charge in [-0.3, -0.25) is 9.59 Å². The number of nitrogens with zero attached hydrogens (tertiary/aromatic N) is 3. The van der Waals surface area contributed by atoms with Crippen molar-refractivity contribution in [3.63, 3.8) is 0 Å². The summed E-state index contributed by atoms with van der Waals surface area (Å²) in [6.07, 6.45) is -0.551. The van der Waals surface area contributed by atoms with Crippen LogP contribution in [0.25, 0.3) is 5.69 Å².